The Morgan fingerprint density at radius 1 is 1.29 bits per heavy atom. The van der Waals surface area contributed by atoms with Crippen molar-refractivity contribution in [1.29, 1.82) is 0 Å². The molecule has 1 unspecified atom stereocenters. The Morgan fingerprint density at radius 3 is 2.36 bits per heavy atom. The minimum atomic E-state index is -0.888. The number of methoxy groups -OCH3 is 1. The first kappa shape index (κ1) is 10.6. The van der Waals surface area contributed by atoms with Crippen molar-refractivity contribution in [3.8, 4) is 0 Å². The van der Waals surface area contributed by atoms with E-state index in [0.717, 1.165) is 11.8 Å². The maximum Gasteiger partial charge on any atom is 0.174 e. The zero-order valence-electron chi connectivity index (χ0n) is 7.88. The van der Waals surface area contributed by atoms with Crippen LogP contribution in [0.3, 0.4) is 0 Å². The maximum absolute atomic E-state index is 10.4. The fourth-order valence-corrected chi connectivity index (χ4v) is 0.958. The summed E-state index contributed by atoms with van der Waals surface area (Å²) in [6.07, 6.45) is 3.15. The van der Waals surface area contributed by atoms with Crippen molar-refractivity contribution >= 4 is 12.4 Å². The second-order valence-electron chi connectivity index (χ2n) is 2.77. The molecular weight excluding hydrogens is 180 g/mol. The van der Waals surface area contributed by atoms with E-state index in [4.69, 9.17) is 5.11 Å². The van der Waals surface area contributed by atoms with Crippen LogP contribution in [0.15, 0.2) is 30.3 Å². The van der Waals surface area contributed by atoms with Gasteiger partial charge in [-0.25, -0.2) is 0 Å². The van der Waals surface area contributed by atoms with E-state index >= 15 is 0 Å². The number of carbonyl (C=O) groups excluding carboxylic acids is 1. The molecule has 0 saturated heterocycles. The molecule has 74 valence electrons. The van der Waals surface area contributed by atoms with Crippen molar-refractivity contribution in [2.75, 3.05) is 7.11 Å². The fraction of sp³-hybridized carbons (Fsp3) is 0.182. The lowest BCUT2D eigenvalue weighted by Gasteiger charge is -2.00. The Balaban J connectivity index is 2.68. The summed E-state index contributed by atoms with van der Waals surface area (Å²) >= 11 is 0. The second-order valence-corrected chi connectivity index (χ2v) is 2.77. The van der Waals surface area contributed by atoms with Gasteiger partial charge in [0.05, 0.1) is 0 Å². The summed E-state index contributed by atoms with van der Waals surface area (Å²) in [5.74, 6) is 0. The molecule has 1 N–H and O–H groups in total. The molecule has 0 aliphatic heterocycles. The Hall–Kier alpha value is -1.45. The molecule has 0 saturated carbocycles. The highest BCUT2D eigenvalue weighted by Crippen LogP contribution is 2.05. The third kappa shape index (κ3) is 3.12. The van der Waals surface area contributed by atoms with E-state index in [9.17, 15) is 4.79 Å². The first-order valence-electron chi connectivity index (χ1n) is 4.20. The largest absolute Gasteiger partial charge is 0.365 e. The molecule has 1 rings (SSSR count). The summed E-state index contributed by atoms with van der Waals surface area (Å²) in [4.78, 5) is 10.4. The third-order valence-corrected chi connectivity index (χ3v) is 1.77. The van der Waals surface area contributed by atoms with Crippen molar-refractivity contribution < 1.29 is 14.6 Å². The number of ether oxygens (including phenoxy) is 1. The normalized spacial score (nSPS) is 13.0. The molecule has 3 heteroatoms. The summed E-state index contributed by atoms with van der Waals surface area (Å²) in [5.41, 5.74) is 1.54. The minimum absolute atomic E-state index is 0.634. The smallest absolute Gasteiger partial charge is 0.174 e. The molecule has 0 amide bonds. The van der Waals surface area contributed by atoms with Crippen LogP contribution in [0.4, 0.5) is 0 Å². The number of aliphatic hydroxyl groups is 1. The van der Waals surface area contributed by atoms with Gasteiger partial charge in [0.25, 0.3) is 0 Å². The van der Waals surface area contributed by atoms with Crippen molar-refractivity contribution in [2.45, 2.75) is 6.29 Å². The first-order valence-corrected chi connectivity index (χ1v) is 4.20. The van der Waals surface area contributed by atoms with Gasteiger partial charge in [-0.15, -0.1) is 0 Å². The van der Waals surface area contributed by atoms with E-state index < -0.39 is 6.29 Å². The van der Waals surface area contributed by atoms with Crippen molar-refractivity contribution in [1.82, 2.24) is 0 Å². The standard InChI is InChI=1S/C11H12O3/c1-14-11(13)7-6-9-2-4-10(8-12)5-3-9/h2-8,11,13H,1H3. The van der Waals surface area contributed by atoms with Crippen LogP contribution in [0.1, 0.15) is 15.9 Å². The lowest BCUT2D eigenvalue weighted by atomic mass is 10.1. The Morgan fingerprint density at radius 2 is 1.86 bits per heavy atom. The van der Waals surface area contributed by atoms with E-state index in [1.807, 2.05) is 0 Å². The lowest BCUT2D eigenvalue weighted by molar-refractivity contribution is -0.0350. The van der Waals surface area contributed by atoms with E-state index in [1.54, 1.807) is 30.3 Å². The van der Waals surface area contributed by atoms with Gasteiger partial charge >= 0.3 is 0 Å². The van der Waals surface area contributed by atoms with Crippen molar-refractivity contribution in [2.24, 2.45) is 0 Å². The molecule has 3 nitrogen and oxygen atoms in total. The first-order chi connectivity index (χ1) is 6.76. The number of aldehydes is 1. The minimum Gasteiger partial charge on any atom is -0.365 e. The van der Waals surface area contributed by atoms with Gasteiger partial charge in [-0.3, -0.25) is 4.79 Å². The van der Waals surface area contributed by atoms with Crippen LogP contribution in [0.25, 0.3) is 6.08 Å². The molecule has 0 aliphatic rings. The zero-order valence-corrected chi connectivity index (χ0v) is 7.88. The second kappa shape index (κ2) is 5.32. The topological polar surface area (TPSA) is 46.5 Å². The average Bonchev–Trinajstić information content (AvgIpc) is 2.26. The number of benzene rings is 1. The predicted molar refractivity (Wildman–Crippen MR) is 53.9 cm³/mol. The van der Waals surface area contributed by atoms with Crippen LogP contribution in [0.5, 0.6) is 0 Å². The van der Waals surface area contributed by atoms with Gasteiger partial charge in [0.2, 0.25) is 0 Å². The summed E-state index contributed by atoms with van der Waals surface area (Å²) in [6.45, 7) is 0. The number of rotatable bonds is 4. The molecule has 14 heavy (non-hydrogen) atoms. The van der Waals surface area contributed by atoms with Gasteiger partial charge in [-0.1, -0.05) is 30.3 Å². The van der Waals surface area contributed by atoms with Gasteiger partial charge in [0, 0.05) is 12.7 Å². The van der Waals surface area contributed by atoms with Crippen LogP contribution < -0.4 is 0 Å². The van der Waals surface area contributed by atoms with Gasteiger partial charge in [-0.05, 0) is 11.6 Å². The van der Waals surface area contributed by atoms with Crippen LogP contribution >= 0.6 is 0 Å². The zero-order chi connectivity index (χ0) is 10.4. The van der Waals surface area contributed by atoms with Gasteiger partial charge in [0.1, 0.15) is 6.29 Å². The van der Waals surface area contributed by atoms with Crippen LogP contribution in [0.2, 0.25) is 0 Å². The van der Waals surface area contributed by atoms with E-state index in [0.29, 0.717) is 5.56 Å². The van der Waals surface area contributed by atoms with Crippen LogP contribution in [0, 0.1) is 0 Å². The predicted octanol–water partition coefficient (Wildman–Crippen LogP) is 1.48. The van der Waals surface area contributed by atoms with Crippen molar-refractivity contribution in [3.63, 3.8) is 0 Å². The molecule has 0 aromatic heterocycles. The number of aliphatic hydroxyl groups excluding tert-OH is 1. The Labute approximate surface area is 82.6 Å². The number of hydrogen-bond donors (Lipinski definition) is 1. The molecule has 1 atom stereocenters. The lowest BCUT2D eigenvalue weighted by Crippen LogP contribution is -2.03. The van der Waals surface area contributed by atoms with Crippen molar-refractivity contribution in [3.05, 3.63) is 41.5 Å². The fourth-order valence-electron chi connectivity index (χ4n) is 0.958. The highest BCUT2D eigenvalue weighted by molar-refractivity contribution is 5.75. The monoisotopic (exact) mass is 192 g/mol. The molecule has 0 spiro atoms. The summed E-state index contributed by atoms with van der Waals surface area (Å²) in [7, 11) is 1.42. The van der Waals surface area contributed by atoms with Crippen LogP contribution in [-0.4, -0.2) is 24.8 Å². The average molecular weight is 192 g/mol. The maximum atomic E-state index is 10.4. The Bertz CT molecular complexity index is 314. The molecule has 0 bridgehead atoms. The quantitative estimate of drug-likeness (QED) is 0.580. The van der Waals surface area contributed by atoms with E-state index in [-0.39, 0.29) is 0 Å². The number of hydrogen-bond acceptors (Lipinski definition) is 3. The molecule has 0 heterocycles. The molecule has 0 fully saturated rings. The summed E-state index contributed by atoms with van der Waals surface area (Å²) < 4.78 is 4.63. The molecule has 0 radical (unpaired) electrons. The van der Waals surface area contributed by atoms with E-state index in [1.165, 1.54) is 13.2 Å². The molecule has 0 aliphatic carbocycles. The van der Waals surface area contributed by atoms with Crippen LogP contribution in [-0.2, 0) is 4.74 Å². The SMILES string of the molecule is COC(O)C=Cc1ccc(C=O)cc1. The molecular formula is C11H12O3. The molecule has 1 aromatic carbocycles. The Kier molecular flexibility index (Phi) is 4.04. The van der Waals surface area contributed by atoms with E-state index in [2.05, 4.69) is 4.74 Å². The highest BCUT2D eigenvalue weighted by atomic mass is 16.6. The molecule has 1 aromatic rings. The van der Waals surface area contributed by atoms with Gasteiger partial charge in [0.15, 0.2) is 6.29 Å². The summed E-state index contributed by atoms with van der Waals surface area (Å²) in [6, 6.07) is 7.02. The number of carbonyl (C=O) groups is 1. The highest BCUT2D eigenvalue weighted by Gasteiger charge is 1.93. The third-order valence-electron chi connectivity index (χ3n) is 1.77. The summed E-state index contributed by atoms with van der Waals surface area (Å²) in [5, 5.41) is 9.05. The van der Waals surface area contributed by atoms with Gasteiger partial charge in [-0.2, -0.15) is 0 Å². The van der Waals surface area contributed by atoms with Gasteiger partial charge < -0.3 is 9.84 Å².